The Morgan fingerprint density at radius 3 is 2.52 bits per heavy atom. The number of aromatic nitrogens is 1. The zero-order valence-electron chi connectivity index (χ0n) is 18.5. The van der Waals surface area contributed by atoms with E-state index in [1.54, 1.807) is 34.4 Å². The number of pyridine rings is 1. The molecule has 1 amide bonds. The van der Waals surface area contributed by atoms with Crippen LogP contribution in [0, 0.1) is 0 Å². The number of thioether (sulfide) groups is 1. The second kappa shape index (κ2) is 10.5. The molecule has 1 aliphatic rings. The lowest BCUT2D eigenvalue weighted by molar-refractivity contribution is 0.102. The van der Waals surface area contributed by atoms with Gasteiger partial charge in [0.15, 0.2) is 0 Å². The van der Waals surface area contributed by atoms with Crippen molar-refractivity contribution in [3.63, 3.8) is 0 Å². The van der Waals surface area contributed by atoms with Crippen LogP contribution in [0.25, 0.3) is 0 Å². The number of carbonyl (C=O) groups excluding carboxylic acids is 1. The molecule has 0 saturated carbocycles. The molecule has 0 bridgehead atoms. The molecule has 1 fully saturated rings. The molecule has 33 heavy (non-hydrogen) atoms. The van der Waals surface area contributed by atoms with Gasteiger partial charge in [-0.15, -0.1) is 11.8 Å². The van der Waals surface area contributed by atoms with E-state index in [2.05, 4.69) is 10.3 Å². The summed E-state index contributed by atoms with van der Waals surface area (Å²) in [6.07, 6.45) is 6.42. The lowest BCUT2D eigenvalue weighted by atomic mass is 10.1. The zero-order chi connectivity index (χ0) is 23.3. The fraction of sp³-hybridized carbons (Fsp3) is 0.280. The summed E-state index contributed by atoms with van der Waals surface area (Å²) in [5, 5.41) is 2.87. The van der Waals surface area contributed by atoms with E-state index < -0.39 is 10.0 Å². The Kier molecular flexibility index (Phi) is 7.47. The van der Waals surface area contributed by atoms with E-state index in [1.165, 1.54) is 12.1 Å². The minimum absolute atomic E-state index is 0.00257. The third-order valence-electron chi connectivity index (χ3n) is 5.71. The van der Waals surface area contributed by atoms with Gasteiger partial charge in [0.05, 0.1) is 4.90 Å². The molecule has 1 saturated heterocycles. The number of nitrogens with zero attached hydrogens (tertiary/aromatic N) is 2. The van der Waals surface area contributed by atoms with Gasteiger partial charge in [0, 0.05) is 46.9 Å². The summed E-state index contributed by atoms with van der Waals surface area (Å²) in [4.78, 5) is 18.1. The second-order valence-corrected chi connectivity index (χ2v) is 11.1. The normalized spacial score (nSPS) is 16.9. The number of nitrogens with one attached hydrogen (secondary N) is 1. The number of rotatable bonds is 7. The minimum Gasteiger partial charge on any atom is -0.322 e. The SMILES string of the molecule is CC1CCCCN1S(=O)(=O)c1ccc(C(=O)Nc2ccc(SCc3cccnc3)cc2)cc1. The van der Waals surface area contributed by atoms with Gasteiger partial charge in [0.25, 0.3) is 5.91 Å². The Labute approximate surface area is 199 Å². The summed E-state index contributed by atoms with van der Waals surface area (Å²) in [5.41, 5.74) is 2.25. The van der Waals surface area contributed by atoms with Gasteiger partial charge in [-0.3, -0.25) is 9.78 Å². The Morgan fingerprint density at radius 2 is 1.85 bits per heavy atom. The summed E-state index contributed by atoms with van der Waals surface area (Å²) >= 11 is 1.70. The molecule has 3 aromatic rings. The third-order valence-corrected chi connectivity index (χ3v) is 8.82. The van der Waals surface area contributed by atoms with Crippen LogP contribution >= 0.6 is 11.8 Å². The van der Waals surface area contributed by atoms with Gasteiger partial charge >= 0.3 is 0 Å². The van der Waals surface area contributed by atoms with E-state index in [9.17, 15) is 13.2 Å². The average molecular weight is 482 g/mol. The smallest absolute Gasteiger partial charge is 0.255 e. The van der Waals surface area contributed by atoms with Crippen molar-refractivity contribution in [2.24, 2.45) is 0 Å². The maximum Gasteiger partial charge on any atom is 0.255 e. The zero-order valence-corrected chi connectivity index (χ0v) is 20.1. The van der Waals surface area contributed by atoms with Crippen LogP contribution in [-0.2, 0) is 15.8 Å². The monoisotopic (exact) mass is 481 g/mol. The summed E-state index contributed by atoms with van der Waals surface area (Å²) in [7, 11) is -3.55. The molecule has 2 heterocycles. The third kappa shape index (κ3) is 5.82. The fourth-order valence-electron chi connectivity index (χ4n) is 3.83. The first-order valence-corrected chi connectivity index (χ1v) is 13.4. The summed E-state index contributed by atoms with van der Waals surface area (Å²) in [6, 6.07) is 17.8. The molecular weight excluding hydrogens is 454 g/mol. The number of hydrogen-bond acceptors (Lipinski definition) is 5. The number of anilines is 1. The minimum atomic E-state index is -3.55. The molecule has 172 valence electrons. The van der Waals surface area contributed by atoms with E-state index >= 15 is 0 Å². The highest BCUT2D eigenvalue weighted by Gasteiger charge is 2.30. The molecule has 0 spiro atoms. The molecule has 6 nitrogen and oxygen atoms in total. The van der Waals surface area contributed by atoms with Crippen LogP contribution in [-0.4, -0.2) is 36.2 Å². The predicted octanol–water partition coefficient (Wildman–Crippen LogP) is 5.19. The average Bonchev–Trinajstić information content (AvgIpc) is 2.84. The van der Waals surface area contributed by atoms with Gasteiger partial charge in [0.1, 0.15) is 0 Å². The topological polar surface area (TPSA) is 79.4 Å². The largest absolute Gasteiger partial charge is 0.322 e. The molecular formula is C25H27N3O3S2. The lowest BCUT2D eigenvalue weighted by Gasteiger charge is -2.32. The van der Waals surface area contributed by atoms with Gasteiger partial charge in [-0.05, 0) is 79.9 Å². The van der Waals surface area contributed by atoms with Crippen molar-refractivity contribution in [1.29, 1.82) is 0 Å². The first-order chi connectivity index (χ1) is 15.9. The molecule has 0 radical (unpaired) electrons. The van der Waals surface area contributed by atoms with Crippen molar-refractivity contribution in [2.75, 3.05) is 11.9 Å². The lowest BCUT2D eigenvalue weighted by Crippen LogP contribution is -2.41. The quantitative estimate of drug-likeness (QED) is 0.470. The maximum absolute atomic E-state index is 13.0. The molecule has 4 rings (SSSR count). The van der Waals surface area contributed by atoms with Gasteiger partial charge in [-0.1, -0.05) is 12.5 Å². The molecule has 1 N–H and O–H groups in total. The van der Waals surface area contributed by atoms with Crippen LogP contribution < -0.4 is 5.32 Å². The Bertz CT molecular complexity index is 1180. The maximum atomic E-state index is 13.0. The van der Waals surface area contributed by atoms with Crippen molar-refractivity contribution in [2.45, 2.75) is 47.8 Å². The van der Waals surface area contributed by atoms with E-state index in [1.807, 2.05) is 49.5 Å². The highest BCUT2D eigenvalue weighted by atomic mass is 32.2. The molecule has 1 aromatic heterocycles. The highest BCUT2D eigenvalue weighted by molar-refractivity contribution is 7.98. The fourth-order valence-corrected chi connectivity index (χ4v) is 6.36. The van der Waals surface area contributed by atoms with Crippen LogP contribution in [0.2, 0.25) is 0 Å². The number of sulfonamides is 1. The number of hydrogen-bond donors (Lipinski definition) is 1. The molecule has 1 unspecified atom stereocenters. The standard InChI is InChI=1S/C25H27N3O3S2/c1-19-5-2-3-16-28(19)33(30,31)24-13-7-21(8-14-24)25(29)27-22-9-11-23(12-10-22)32-18-20-6-4-15-26-17-20/h4,6-15,17,19H,2-3,5,16,18H2,1H3,(H,27,29). The molecule has 0 aliphatic carbocycles. The van der Waals surface area contributed by atoms with Gasteiger partial charge in [-0.2, -0.15) is 4.31 Å². The summed E-state index contributed by atoms with van der Waals surface area (Å²) in [6.45, 7) is 2.49. The molecule has 2 aromatic carbocycles. The Hall–Kier alpha value is -2.68. The van der Waals surface area contributed by atoms with Crippen LogP contribution in [0.3, 0.4) is 0 Å². The van der Waals surface area contributed by atoms with Crippen LogP contribution in [0.4, 0.5) is 5.69 Å². The van der Waals surface area contributed by atoms with Gasteiger partial charge in [0.2, 0.25) is 10.0 Å². The van der Waals surface area contributed by atoms with Gasteiger partial charge < -0.3 is 5.32 Å². The van der Waals surface area contributed by atoms with Crippen LogP contribution in [0.5, 0.6) is 0 Å². The summed E-state index contributed by atoms with van der Waals surface area (Å²) < 4.78 is 27.5. The number of amides is 1. The van der Waals surface area contributed by atoms with E-state index in [4.69, 9.17) is 0 Å². The molecule has 1 atom stereocenters. The van der Waals surface area contributed by atoms with Crippen molar-refractivity contribution in [1.82, 2.24) is 9.29 Å². The Morgan fingerprint density at radius 1 is 1.09 bits per heavy atom. The van der Waals surface area contributed by atoms with Gasteiger partial charge in [-0.25, -0.2) is 8.42 Å². The van der Waals surface area contributed by atoms with Crippen molar-refractivity contribution < 1.29 is 13.2 Å². The Balaban J connectivity index is 1.36. The van der Waals surface area contributed by atoms with E-state index in [0.717, 1.165) is 35.5 Å². The van der Waals surface area contributed by atoms with Crippen molar-refractivity contribution in [3.8, 4) is 0 Å². The number of carbonyl (C=O) groups is 1. The molecule has 8 heteroatoms. The number of benzene rings is 2. The number of piperidine rings is 1. The molecule has 1 aliphatic heterocycles. The van der Waals surface area contributed by atoms with Crippen molar-refractivity contribution >= 4 is 33.4 Å². The van der Waals surface area contributed by atoms with Crippen molar-refractivity contribution in [3.05, 3.63) is 84.2 Å². The predicted molar refractivity (Wildman–Crippen MR) is 132 cm³/mol. The van der Waals surface area contributed by atoms with Crippen LogP contribution in [0.1, 0.15) is 42.1 Å². The second-order valence-electron chi connectivity index (χ2n) is 8.11. The summed E-state index contributed by atoms with van der Waals surface area (Å²) in [5.74, 6) is 0.548. The van der Waals surface area contributed by atoms with Crippen LogP contribution in [0.15, 0.2) is 82.8 Å². The first kappa shape index (κ1) is 23.5. The van der Waals surface area contributed by atoms with E-state index in [0.29, 0.717) is 17.8 Å². The van der Waals surface area contributed by atoms with E-state index in [-0.39, 0.29) is 16.8 Å². The highest BCUT2D eigenvalue weighted by Crippen LogP contribution is 2.26. The first-order valence-electron chi connectivity index (χ1n) is 11.0.